The molecule has 0 spiro atoms. The smallest absolute Gasteiger partial charge is 0.220 e. The summed E-state index contributed by atoms with van der Waals surface area (Å²) in [5.41, 5.74) is 2.45. The molecule has 8 nitrogen and oxygen atoms in total. The molecule has 0 saturated carbocycles. The molecule has 0 saturated heterocycles. The first-order chi connectivity index (χ1) is 17.3. The second-order valence-corrected chi connectivity index (χ2v) is 9.80. The first kappa shape index (κ1) is 25.8. The Morgan fingerprint density at radius 1 is 1.06 bits per heavy atom. The molecule has 4 rings (SSSR count). The zero-order valence-corrected chi connectivity index (χ0v) is 21.8. The molecule has 0 N–H and O–H groups in total. The second kappa shape index (κ2) is 11.6. The third kappa shape index (κ3) is 6.29. The molecule has 1 heterocycles. The van der Waals surface area contributed by atoms with E-state index < -0.39 is 5.25 Å². The molecule has 1 aromatic heterocycles. The van der Waals surface area contributed by atoms with Crippen molar-refractivity contribution in [2.24, 2.45) is 0 Å². The van der Waals surface area contributed by atoms with Crippen LogP contribution in [0.1, 0.15) is 22.2 Å². The molecule has 0 aliphatic heterocycles. The van der Waals surface area contributed by atoms with Gasteiger partial charge in [-0.2, -0.15) is 0 Å². The molecule has 186 valence electrons. The molecule has 3 aromatic carbocycles. The van der Waals surface area contributed by atoms with E-state index in [4.69, 9.17) is 32.7 Å². The fourth-order valence-corrected chi connectivity index (χ4v) is 5.03. The van der Waals surface area contributed by atoms with E-state index in [2.05, 4.69) is 10.2 Å². The van der Waals surface area contributed by atoms with Crippen molar-refractivity contribution in [3.63, 3.8) is 0 Å². The van der Waals surface area contributed by atoms with Gasteiger partial charge in [-0.05, 0) is 66.6 Å². The first-order valence-electron chi connectivity index (χ1n) is 10.9. The number of halogens is 2. The lowest BCUT2D eigenvalue weighted by Crippen LogP contribution is -2.11. The fraction of sp³-hybridized carbons (Fsp3) is 0.200. The van der Waals surface area contributed by atoms with E-state index in [1.165, 1.54) is 11.8 Å². The van der Waals surface area contributed by atoms with E-state index >= 15 is 0 Å². The van der Waals surface area contributed by atoms with E-state index in [1.54, 1.807) is 37.4 Å². The summed E-state index contributed by atoms with van der Waals surface area (Å²) >= 11 is 13.7. The van der Waals surface area contributed by atoms with Gasteiger partial charge in [0.15, 0.2) is 5.16 Å². The van der Waals surface area contributed by atoms with Crippen LogP contribution in [0.2, 0.25) is 10.0 Å². The number of hydrogen-bond acceptors (Lipinski definition) is 7. The Bertz CT molecular complexity index is 1350. The van der Waals surface area contributed by atoms with Gasteiger partial charge in [-0.15, -0.1) is 10.2 Å². The SMILES string of the molecule is COc1ccc(-n2c(C)nnc2S[C@@H](C[N+](=O)[O-])c2ccc(OCc3ccc(Cl)cc3)c(Cl)c2)cc1. The van der Waals surface area contributed by atoms with Crippen LogP contribution >= 0.6 is 35.0 Å². The van der Waals surface area contributed by atoms with Crippen LogP contribution < -0.4 is 9.47 Å². The van der Waals surface area contributed by atoms with Crippen molar-refractivity contribution in [3.8, 4) is 17.2 Å². The number of nitrogens with zero attached hydrogens (tertiary/aromatic N) is 4. The minimum Gasteiger partial charge on any atom is -0.497 e. The van der Waals surface area contributed by atoms with Gasteiger partial charge in [0.05, 0.1) is 12.1 Å². The van der Waals surface area contributed by atoms with Crippen LogP contribution in [0.5, 0.6) is 11.5 Å². The predicted octanol–water partition coefficient (Wildman–Crippen LogP) is 6.58. The van der Waals surface area contributed by atoms with Crippen LogP contribution in [0.3, 0.4) is 0 Å². The van der Waals surface area contributed by atoms with E-state index in [9.17, 15) is 10.1 Å². The van der Waals surface area contributed by atoms with Crippen LogP contribution in [0.4, 0.5) is 0 Å². The van der Waals surface area contributed by atoms with Crippen molar-refractivity contribution >= 4 is 35.0 Å². The Morgan fingerprint density at radius 2 is 1.78 bits per heavy atom. The Morgan fingerprint density at radius 3 is 2.42 bits per heavy atom. The van der Waals surface area contributed by atoms with Crippen molar-refractivity contribution in [2.45, 2.75) is 23.9 Å². The standard InChI is InChI=1S/C25H22Cl2N4O4S/c1-16-28-29-25(31(16)20-8-10-21(34-2)11-9-20)36-24(14-30(32)33)18-5-12-23(22(27)13-18)35-15-17-3-6-19(26)7-4-17/h3-13,24H,14-15H2,1-2H3/t24-/m0/s1. The number of methoxy groups -OCH3 is 1. The number of rotatable bonds is 10. The van der Waals surface area contributed by atoms with Gasteiger partial charge in [0.25, 0.3) is 0 Å². The highest BCUT2D eigenvalue weighted by molar-refractivity contribution is 7.99. The van der Waals surface area contributed by atoms with E-state index in [0.717, 1.165) is 17.0 Å². The van der Waals surface area contributed by atoms with Gasteiger partial charge >= 0.3 is 0 Å². The number of aryl methyl sites for hydroxylation is 1. The number of aromatic nitrogens is 3. The van der Waals surface area contributed by atoms with Gasteiger partial charge in [-0.25, -0.2) is 0 Å². The number of ether oxygens (including phenoxy) is 2. The molecule has 4 aromatic rings. The zero-order chi connectivity index (χ0) is 25.7. The maximum atomic E-state index is 11.5. The van der Waals surface area contributed by atoms with Crippen molar-refractivity contribution in [3.05, 3.63) is 104 Å². The molecule has 0 radical (unpaired) electrons. The number of nitro groups is 1. The number of thioether (sulfide) groups is 1. The molecule has 36 heavy (non-hydrogen) atoms. The lowest BCUT2D eigenvalue weighted by atomic mass is 10.1. The first-order valence-corrected chi connectivity index (χ1v) is 12.5. The van der Waals surface area contributed by atoms with E-state index in [0.29, 0.717) is 38.9 Å². The quantitative estimate of drug-likeness (QED) is 0.126. The van der Waals surface area contributed by atoms with Gasteiger partial charge in [0, 0.05) is 15.6 Å². The highest BCUT2D eigenvalue weighted by Gasteiger charge is 2.24. The fourth-order valence-electron chi connectivity index (χ4n) is 3.50. The monoisotopic (exact) mass is 544 g/mol. The summed E-state index contributed by atoms with van der Waals surface area (Å²) in [6, 6.07) is 19.9. The molecule has 0 bridgehead atoms. The third-order valence-electron chi connectivity index (χ3n) is 5.32. The van der Waals surface area contributed by atoms with Gasteiger partial charge in [0.1, 0.15) is 29.2 Å². The lowest BCUT2D eigenvalue weighted by molar-refractivity contribution is -0.479. The minimum atomic E-state index is -0.552. The topological polar surface area (TPSA) is 92.3 Å². The van der Waals surface area contributed by atoms with Crippen LogP contribution in [-0.2, 0) is 6.61 Å². The summed E-state index contributed by atoms with van der Waals surface area (Å²) in [4.78, 5) is 11.2. The largest absolute Gasteiger partial charge is 0.497 e. The summed E-state index contributed by atoms with van der Waals surface area (Å²) in [7, 11) is 1.60. The third-order valence-corrected chi connectivity index (χ3v) is 7.05. The zero-order valence-electron chi connectivity index (χ0n) is 19.4. The predicted molar refractivity (Wildman–Crippen MR) is 140 cm³/mol. The molecule has 0 amide bonds. The van der Waals surface area contributed by atoms with Crippen LogP contribution in [-0.4, -0.2) is 33.3 Å². The molecule has 1 atom stereocenters. The van der Waals surface area contributed by atoms with Crippen molar-refractivity contribution < 1.29 is 14.4 Å². The summed E-state index contributed by atoms with van der Waals surface area (Å²) in [5, 5.41) is 21.0. The molecule has 0 fully saturated rings. The van der Waals surface area contributed by atoms with Gasteiger partial charge in [-0.3, -0.25) is 14.7 Å². The molecule has 0 unspecified atom stereocenters. The lowest BCUT2D eigenvalue weighted by Gasteiger charge is -2.16. The van der Waals surface area contributed by atoms with E-state index in [1.807, 2.05) is 47.9 Å². The number of hydrogen-bond donors (Lipinski definition) is 0. The maximum absolute atomic E-state index is 11.5. The van der Waals surface area contributed by atoms with Gasteiger partial charge in [0.2, 0.25) is 6.54 Å². The summed E-state index contributed by atoms with van der Waals surface area (Å²) in [6.45, 7) is 1.82. The Balaban J connectivity index is 1.56. The Hall–Kier alpha value is -3.27. The van der Waals surface area contributed by atoms with E-state index in [-0.39, 0.29) is 11.5 Å². The highest BCUT2D eigenvalue weighted by atomic mass is 35.5. The Labute approximate surface area is 222 Å². The summed E-state index contributed by atoms with van der Waals surface area (Å²) < 4.78 is 12.9. The van der Waals surface area contributed by atoms with Crippen molar-refractivity contribution in [2.75, 3.05) is 13.7 Å². The van der Waals surface area contributed by atoms with Crippen molar-refractivity contribution in [1.29, 1.82) is 0 Å². The van der Waals surface area contributed by atoms with Gasteiger partial charge in [-0.1, -0.05) is 53.2 Å². The molecule has 0 aliphatic rings. The van der Waals surface area contributed by atoms with Crippen molar-refractivity contribution in [1.82, 2.24) is 14.8 Å². The maximum Gasteiger partial charge on any atom is 0.220 e. The van der Waals surface area contributed by atoms with Crippen LogP contribution in [0.15, 0.2) is 71.9 Å². The molecular weight excluding hydrogens is 523 g/mol. The summed E-state index contributed by atoms with van der Waals surface area (Å²) in [5.74, 6) is 1.86. The van der Waals surface area contributed by atoms with Crippen LogP contribution in [0, 0.1) is 17.0 Å². The highest BCUT2D eigenvalue weighted by Crippen LogP contribution is 2.39. The Kier molecular flexibility index (Phi) is 8.35. The molecule has 11 heteroatoms. The van der Waals surface area contributed by atoms with Crippen LogP contribution in [0.25, 0.3) is 5.69 Å². The normalized spacial score (nSPS) is 11.8. The molecular formula is C25H22Cl2N4O4S. The summed E-state index contributed by atoms with van der Waals surface area (Å²) in [6.07, 6.45) is 0. The molecule has 0 aliphatic carbocycles. The number of benzene rings is 3. The second-order valence-electron chi connectivity index (χ2n) is 7.79. The van der Waals surface area contributed by atoms with Gasteiger partial charge < -0.3 is 9.47 Å². The average molecular weight is 545 g/mol. The minimum absolute atomic E-state index is 0.313. The average Bonchev–Trinajstić information content (AvgIpc) is 3.23.